The van der Waals surface area contributed by atoms with E-state index in [-0.39, 0.29) is 12.3 Å². The lowest BCUT2D eigenvalue weighted by Gasteiger charge is -2.15. The van der Waals surface area contributed by atoms with Crippen LogP contribution in [0.3, 0.4) is 0 Å². The third-order valence-corrected chi connectivity index (χ3v) is 2.25. The van der Waals surface area contributed by atoms with Crippen molar-refractivity contribution in [3.05, 3.63) is 34.8 Å². The van der Waals surface area contributed by atoms with E-state index < -0.39 is 0 Å². The summed E-state index contributed by atoms with van der Waals surface area (Å²) >= 11 is 0. The lowest BCUT2D eigenvalue weighted by Crippen LogP contribution is -2.28. The molecule has 0 aliphatic rings. The maximum Gasteiger partial charge on any atom is 0.147 e. The molecule has 0 amide bonds. The average Bonchev–Trinajstić information content (AvgIpc) is 2.28. The van der Waals surface area contributed by atoms with Crippen LogP contribution in [-0.4, -0.2) is 16.7 Å². The quantitative estimate of drug-likeness (QED) is 0.502. The molecule has 0 spiro atoms. The molecule has 0 aliphatic carbocycles. The van der Waals surface area contributed by atoms with Gasteiger partial charge in [0.05, 0.1) is 23.6 Å². The van der Waals surface area contributed by atoms with E-state index in [1.165, 1.54) is 11.2 Å². The van der Waals surface area contributed by atoms with E-state index in [4.69, 9.17) is 21.9 Å². The molecular formula is C11H15N5O. The first-order chi connectivity index (χ1) is 7.99. The molecule has 5 N–H and O–H groups in total. The van der Waals surface area contributed by atoms with E-state index in [1.54, 1.807) is 13.0 Å². The Morgan fingerprint density at radius 1 is 1.65 bits per heavy atom. The van der Waals surface area contributed by atoms with Gasteiger partial charge >= 0.3 is 0 Å². The largest absolute Gasteiger partial charge is 0.399 e. The number of pyridine rings is 1. The highest BCUT2D eigenvalue weighted by Crippen LogP contribution is 2.17. The van der Waals surface area contributed by atoms with Crippen LogP contribution in [0.25, 0.3) is 0 Å². The first-order valence-corrected chi connectivity index (χ1v) is 4.99. The van der Waals surface area contributed by atoms with Crippen molar-refractivity contribution >= 4 is 5.82 Å². The molecule has 0 unspecified atom stereocenters. The standard InChI is InChI=1S/C11H15N5O/c1-7-3-11(15-8(2)10(7)4-12)16(14)5-9(13)6-17/h3,5,17H,6,13-14H2,1-2H3/b9-5-. The van der Waals surface area contributed by atoms with Gasteiger partial charge in [0.15, 0.2) is 0 Å². The Labute approximate surface area is 99.7 Å². The number of aromatic nitrogens is 1. The number of aliphatic hydroxyl groups excluding tert-OH is 1. The molecule has 0 aliphatic heterocycles. The van der Waals surface area contributed by atoms with Crippen LogP contribution < -0.4 is 16.6 Å². The van der Waals surface area contributed by atoms with E-state index >= 15 is 0 Å². The van der Waals surface area contributed by atoms with Crippen molar-refractivity contribution in [2.75, 3.05) is 11.6 Å². The first kappa shape index (κ1) is 13.0. The Morgan fingerprint density at radius 2 is 2.29 bits per heavy atom. The molecule has 0 aromatic carbocycles. The minimum atomic E-state index is -0.276. The molecule has 1 heterocycles. The highest BCUT2D eigenvalue weighted by molar-refractivity contribution is 5.50. The highest BCUT2D eigenvalue weighted by atomic mass is 16.3. The molecule has 6 heteroatoms. The monoisotopic (exact) mass is 233 g/mol. The normalized spacial score (nSPS) is 11.1. The fourth-order valence-electron chi connectivity index (χ4n) is 1.40. The van der Waals surface area contributed by atoms with Gasteiger partial charge < -0.3 is 10.8 Å². The number of anilines is 1. The van der Waals surface area contributed by atoms with E-state index in [0.717, 1.165) is 5.56 Å². The topological polar surface area (TPSA) is 112 Å². The second-order valence-electron chi connectivity index (χ2n) is 3.64. The van der Waals surface area contributed by atoms with Crippen LogP contribution in [0.5, 0.6) is 0 Å². The number of nitrogens with two attached hydrogens (primary N) is 2. The van der Waals surface area contributed by atoms with Gasteiger partial charge in [-0.1, -0.05) is 0 Å². The summed E-state index contributed by atoms with van der Waals surface area (Å²) in [5.74, 6) is 6.19. The van der Waals surface area contributed by atoms with Gasteiger partial charge in [-0.2, -0.15) is 5.26 Å². The summed E-state index contributed by atoms with van der Waals surface area (Å²) in [5, 5.41) is 18.9. The average molecular weight is 233 g/mol. The van der Waals surface area contributed by atoms with Crippen molar-refractivity contribution in [1.29, 1.82) is 5.26 Å². The minimum absolute atomic E-state index is 0.231. The summed E-state index contributed by atoms with van der Waals surface area (Å²) < 4.78 is 0. The Hall–Kier alpha value is -2.10. The van der Waals surface area contributed by atoms with Gasteiger partial charge in [-0.3, -0.25) is 5.01 Å². The molecule has 0 fully saturated rings. The summed E-state index contributed by atoms with van der Waals surface area (Å²) in [6.45, 7) is 3.27. The maximum atomic E-state index is 8.91. The number of rotatable bonds is 3. The molecule has 1 aromatic heterocycles. The highest BCUT2D eigenvalue weighted by Gasteiger charge is 2.08. The molecule has 0 radical (unpaired) electrons. The summed E-state index contributed by atoms with van der Waals surface area (Å²) in [6.07, 6.45) is 1.38. The van der Waals surface area contributed by atoms with Gasteiger partial charge in [-0.25, -0.2) is 10.8 Å². The third kappa shape index (κ3) is 2.93. The van der Waals surface area contributed by atoms with Crippen molar-refractivity contribution in [3.8, 4) is 6.07 Å². The van der Waals surface area contributed by atoms with Crippen LogP contribution in [-0.2, 0) is 0 Å². The molecule has 0 saturated heterocycles. The van der Waals surface area contributed by atoms with Gasteiger partial charge in [-0.05, 0) is 25.5 Å². The second kappa shape index (κ2) is 5.30. The van der Waals surface area contributed by atoms with Crippen LogP contribution >= 0.6 is 0 Å². The lowest BCUT2D eigenvalue weighted by molar-refractivity contribution is 0.329. The van der Waals surface area contributed by atoms with Crippen molar-refractivity contribution in [3.63, 3.8) is 0 Å². The molecule has 17 heavy (non-hydrogen) atoms. The van der Waals surface area contributed by atoms with E-state index in [2.05, 4.69) is 11.1 Å². The van der Waals surface area contributed by atoms with Gasteiger partial charge in [0.25, 0.3) is 0 Å². The van der Waals surface area contributed by atoms with E-state index in [0.29, 0.717) is 17.1 Å². The van der Waals surface area contributed by atoms with Crippen molar-refractivity contribution < 1.29 is 5.11 Å². The summed E-state index contributed by atoms with van der Waals surface area (Å²) in [4.78, 5) is 4.19. The number of hydrogen-bond acceptors (Lipinski definition) is 6. The predicted octanol–water partition coefficient (Wildman–Crippen LogP) is 0.0426. The SMILES string of the molecule is Cc1cc(N(N)/C=C(\N)CO)nc(C)c1C#N. The molecular weight excluding hydrogens is 218 g/mol. The Kier molecular flexibility index (Phi) is 4.04. The Morgan fingerprint density at radius 3 is 2.76 bits per heavy atom. The molecule has 1 rings (SSSR count). The smallest absolute Gasteiger partial charge is 0.147 e. The molecule has 1 aromatic rings. The Balaban J connectivity index is 3.14. The van der Waals surface area contributed by atoms with E-state index in [9.17, 15) is 0 Å². The van der Waals surface area contributed by atoms with Crippen LogP contribution in [0.2, 0.25) is 0 Å². The molecule has 0 bridgehead atoms. The number of aryl methyl sites for hydroxylation is 2. The first-order valence-electron chi connectivity index (χ1n) is 4.99. The number of nitrogens with zero attached hydrogens (tertiary/aromatic N) is 3. The zero-order chi connectivity index (χ0) is 13.0. The number of aliphatic hydroxyl groups is 1. The lowest BCUT2D eigenvalue weighted by atomic mass is 10.1. The molecule has 0 atom stereocenters. The van der Waals surface area contributed by atoms with E-state index in [1.807, 2.05) is 6.92 Å². The molecule has 90 valence electrons. The number of nitriles is 1. The van der Waals surface area contributed by atoms with Crippen molar-refractivity contribution in [1.82, 2.24) is 4.98 Å². The van der Waals surface area contributed by atoms with Gasteiger partial charge in [0, 0.05) is 6.20 Å². The fourth-order valence-corrected chi connectivity index (χ4v) is 1.40. The molecule has 6 nitrogen and oxygen atoms in total. The van der Waals surface area contributed by atoms with Crippen LogP contribution in [0.1, 0.15) is 16.8 Å². The molecule has 0 saturated carbocycles. The summed E-state index contributed by atoms with van der Waals surface area (Å²) in [5.41, 5.74) is 7.62. The second-order valence-corrected chi connectivity index (χ2v) is 3.64. The van der Waals surface area contributed by atoms with Gasteiger partial charge in [0.2, 0.25) is 0 Å². The zero-order valence-corrected chi connectivity index (χ0v) is 9.81. The van der Waals surface area contributed by atoms with Crippen molar-refractivity contribution in [2.45, 2.75) is 13.8 Å². The maximum absolute atomic E-state index is 8.91. The van der Waals surface area contributed by atoms with Crippen LogP contribution in [0.4, 0.5) is 5.82 Å². The minimum Gasteiger partial charge on any atom is -0.399 e. The predicted molar refractivity (Wildman–Crippen MR) is 64.4 cm³/mol. The summed E-state index contributed by atoms with van der Waals surface area (Å²) in [7, 11) is 0. The zero-order valence-electron chi connectivity index (χ0n) is 9.81. The third-order valence-electron chi connectivity index (χ3n) is 2.25. The number of hydrogen-bond donors (Lipinski definition) is 3. The van der Waals surface area contributed by atoms with Crippen LogP contribution in [0.15, 0.2) is 18.0 Å². The van der Waals surface area contributed by atoms with Crippen molar-refractivity contribution in [2.24, 2.45) is 11.6 Å². The Bertz CT molecular complexity index is 466. The van der Waals surface area contributed by atoms with Gasteiger partial charge in [-0.15, -0.1) is 0 Å². The van der Waals surface area contributed by atoms with Crippen LogP contribution in [0, 0.1) is 25.2 Å². The van der Waals surface area contributed by atoms with Gasteiger partial charge in [0.1, 0.15) is 11.9 Å². The fraction of sp³-hybridized carbons (Fsp3) is 0.273. The number of hydrazine groups is 1. The summed E-state index contributed by atoms with van der Waals surface area (Å²) in [6, 6.07) is 3.77.